The van der Waals surface area contributed by atoms with Gasteiger partial charge in [-0.15, -0.1) is 0 Å². The molecule has 1 heterocycles. The minimum absolute atomic E-state index is 0.190. The maximum Gasteiger partial charge on any atom is 0.344 e. The van der Waals surface area contributed by atoms with Crippen molar-refractivity contribution in [1.82, 2.24) is 4.90 Å². The van der Waals surface area contributed by atoms with Gasteiger partial charge >= 0.3 is 5.97 Å². The summed E-state index contributed by atoms with van der Waals surface area (Å²) in [5, 5.41) is 0. The molecule has 30 heavy (non-hydrogen) atoms. The van der Waals surface area contributed by atoms with Gasteiger partial charge in [0.1, 0.15) is 5.75 Å². The number of nitrogens with zero attached hydrogens (tertiary/aromatic N) is 1. The number of esters is 1. The van der Waals surface area contributed by atoms with E-state index in [1.807, 2.05) is 43.3 Å². The predicted molar refractivity (Wildman–Crippen MR) is 117 cm³/mol. The Bertz CT molecular complexity index is 918. The monoisotopic (exact) mass is 407 g/mol. The molecule has 0 aliphatic carbocycles. The fraction of sp³-hybridized carbons (Fsp3) is 0.360. The molecule has 1 aliphatic rings. The highest BCUT2D eigenvalue weighted by Crippen LogP contribution is 2.27. The van der Waals surface area contributed by atoms with Crippen molar-refractivity contribution in [2.45, 2.75) is 33.1 Å². The summed E-state index contributed by atoms with van der Waals surface area (Å²) in [5.41, 5.74) is 4.53. The van der Waals surface area contributed by atoms with Gasteiger partial charge in [0.05, 0.1) is 0 Å². The summed E-state index contributed by atoms with van der Waals surface area (Å²) in [6, 6.07) is 16.1. The van der Waals surface area contributed by atoms with E-state index in [1.54, 1.807) is 4.90 Å². The molecule has 1 aliphatic heterocycles. The minimum atomic E-state index is -0.544. The highest BCUT2D eigenvalue weighted by molar-refractivity contribution is 5.82. The fourth-order valence-electron chi connectivity index (χ4n) is 3.47. The van der Waals surface area contributed by atoms with Crippen molar-refractivity contribution in [1.29, 1.82) is 0 Å². The lowest BCUT2D eigenvalue weighted by Crippen LogP contribution is -2.38. The number of rotatable bonds is 7. The lowest BCUT2D eigenvalue weighted by Gasteiger charge is -2.26. The number of ether oxygens (including phenoxy) is 2. The molecule has 0 atom stereocenters. The Morgan fingerprint density at radius 1 is 1.07 bits per heavy atom. The van der Waals surface area contributed by atoms with Crippen molar-refractivity contribution >= 4 is 17.4 Å². The summed E-state index contributed by atoms with van der Waals surface area (Å²) in [6.45, 7) is 6.79. The molecule has 0 bridgehead atoms. The number of carbonyl (C=O) groups excluding carboxylic acids is 2. The van der Waals surface area contributed by atoms with Crippen molar-refractivity contribution in [3.63, 3.8) is 0 Å². The van der Waals surface area contributed by atoms with Crippen LogP contribution in [0.4, 0.5) is 0 Å². The Kier molecular flexibility index (Phi) is 7.28. The van der Waals surface area contributed by atoms with Crippen LogP contribution in [0.15, 0.2) is 54.6 Å². The van der Waals surface area contributed by atoms with Gasteiger partial charge in [0.2, 0.25) is 0 Å². The average molecular weight is 408 g/mol. The smallest absolute Gasteiger partial charge is 0.344 e. The van der Waals surface area contributed by atoms with Gasteiger partial charge in [-0.1, -0.05) is 62.4 Å². The van der Waals surface area contributed by atoms with Crippen LogP contribution >= 0.6 is 0 Å². The molecule has 5 nitrogen and oxygen atoms in total. The van der Waals surface area contributed by atoms with Crippen LogP contribution in [-0.4, -0.2) is 43.1 Å². The van der Waals surface area contributed by atoms with Crippen molar-refractivity contribution in [2.75, 3.05) is 26.3 Å². The van der Waals surface area contributed by atoms with Crippen LogP contribution in [0.3, 0.4) is 0 Å². The maximum atomic E-state index is 12.4. The van der Waals surface area contributed by atoms with Crippen LogP contribution in [-0.2, 0) is 14.3 Å². The summed E-state index contributed by atoms with van der Waals surface area (Å²) in [7, 11) is 0. The van der Waals surface area contributed by atoms with E-state index in [4.69, 9.17) is 9.47 Å². The SMILES string of the molecule is Cc1ccc(C(C)C)c(OCC(=O)OCC(=O)N2CC=C(c3ccccc3)CC2)c1. The molecule has 2 aromatic carbocycles. The molecular weight excluding hydrogens is 378 g/mol. The lowest BCUT2D eigenvalue weighted by atomic mass is 10.00. The zero-order valence-corrected chi connectivity index (χ0v) is 17.9. The standard InChI is InChI=1S/C25H29NO4/c1-18(2)22-10-9-19(3)15-23(22)29-17-25(28)30-16-24(27)26-13-11-21(12-14-26)20-7-5-4-6-8-20/h4-11,15,18H,12-14,16-17H2,1-3H3. The van der Waals surface area contributed by atoms with E-state index < -0.39 is 5.97 Å². The summed E-state index contributed by atoms with van der Waals surface area (Å²) >= 11 is 0. The van der Waals surface area contributed by atoms with Gasteiger partial charge in [-0.05, 0) is 47.6 Å². The van der Waals surface area contributed by atoms with Crippen molar-refractivity contribution in [3.05, 3.63) is 71.3 Å². The zero-order valence-electron chi connectivity index (χ0n) is 17.9. The first kappa shape index (κ1) is 21.6. The molecule has 0 aromatic heterocycles. The molecule has 0 saturated carbocycles. The Hall–Kier alpha value is -3.08. The molecule has 0 spiro atoms. The van der Waals surface area contributed by atoms with Crippen LogP contribution < -0.4 is 4.74 Å². The highest BCUT2D eigenvalue weighted by Gasteiger charge is 2.19. The van der Waals surface area contributed by atoms with E-state index in [9.17, 15) is 9.59 Å². The van der Waals surface area contributed by atoms with Gasteiger partial charge in [0.25, 0.3) is 5.91 Å². The molecule has 3 rings (SSSR count). The summed E-state index contributed by atoms with van der Waals surface area (Å²) < 4.78 is 10.8. The molecule has 0 radical (unpaired) electrons. The third-order valence-electron chi connectivity index (χ3n) is 5.20. The third kappa shape index (κ3) is 5.72. The number of amides is 1. The normalized spacial score (nSPS) is 13.7. The molecule has 0 saturated heterocycles. The zero-order chi connectivity index (χ0) is 21.5. The Morgan fingerprint density at radius 2 is 1.83 bits per heavy atom. The van der Waals surface area contributed by atoms with Crippen LogP contribution in [0.1, 0.15) is 42.9 Å². The van der Waals surface area contributed by atoms with Crippen molar-refractivity contribution < 1.29 is 19.1 Å². The quantitative estimate of drug-likeness (QED) is 0.640. The number of benzene rings is 2. The molecule has 2 aromatic rings. The molecule has 0 fully saturated rings. The first-order valence-corrected chi connectivity index (χ1v) is 10.3. The molecule has 158 valence electrons. The van der Waals surface area contributed by atoms with Gasteiger partial charge < -0.3 is 14.4 Å². The average Bonchev–Trinajstić information content (AvgIpc) is 2.76. The second-order valence-electron chi connectivity index (χ2n) is 7.83. The molecule has 0 unspecified atom stereocenters. The van der Waals surface area contributed by atoms with Crippen molar-refractivity contribution in [2.24, 2.45) is 0 Å². The number of hydrogen-bond acceptors (Lipinski definition) is 4. The Morgan fingerprint density at radius 3 is 2.50 bits per heavy atom. The van der Waals surface area contributed by atoms with Gasteiger partial charge in [0.15, 0.2) is 13.2 Å². The number of carbonyl (C=O) groups is 2. The molecule has 1 amide bonds. The second kappa shape index (κ2) is 10.1. The molecular formula is C25H29NO4. The summed E-state index contributed by atoms with van der Waals surface area (Å²) in [5.74, 6) is 0.233. The second-order valence-corrected chi connectivity index (χ2v) is 7.83. The summed E-state index contributed by atoms with van der Waals surface area (Å²) in [6.07, 6.45) is 2.85. The highest BCUT2D eigenvalue weighted by atomic mass is 16.6. The molecule has 0 N–H and O–H groups in total. The van der Waals surface area contributed by atoms with Gasteiger partial charge in [0, 0.05) is 13.1 Å². The van der Waals surface area contributed by atoms with Crippen LogP contribution in [0.25, 0.3) is 5.57 Å². The number of aryl methyl sites for hydroxylation is 1. The van der Waals surface area contributed by atoms with Gasteiger partial charge in [-0.2, -0.15) is 0 Å². The van der Waals surface area contributed by atoms with E-state index in [2.05, 4.69) is 32.1 Å². The lowest BCUT2D eigenvalue weighted by molar-refractivity contribution is -0.153. The third-order valence-corrected chi connectivity index (χ3v) is 5.20. The first-order chi connectivity index (χ1) is 14.4. The van der Waals surface area contributed by atoms with E-state index >= 15 is 0 Å². The van der Waals surface area contributed by atoms with Crippen LogP contribution in [0.5, 0.6) is 5.75 Å². The van der Waals surface area contributed by atoms with Crippen LogP contribution in [0, 0.1) is 6.92 Å². The van der Waals surface area contributed by atoms with E-state index in [0.717, 1.165) is 17.5 Å². The minimum Gasteiger partial charge on any atom is -0.482 e. The topological polar surface area (TPSA) is 55.8 Å². The first-order valence-electron chi connectivity index (χ1n) is 10.3. The van der Waals surface area contributed by atoms with E-state index in [1.165, 1.54) is 11.1 Å². The Balaban J connectivity index is 1.46. The van der Waals surface area contributed by atoms with Crippen LogP contribution in [0.2, 0.25) is 0 Å². The summed E-state index contributed by atoms with van der Waals surface area (Å²) in [4.78, 5) is 26.2. The fourth-order valence-corrected chi connectivity index (χ4v) is 3.47. The van der Waals surface area contributed by atoms with E-state index in [-0.39, 0.29) is 25.0 Å². The van der Waals surface area contributed by atoms with Crippen molar-refractivity contribution in [3.8, 4) is 5.75 Å². The molecule has 5 heteroatoms. The van der Waals surface area contributed by atoms with Gasteiger partial charge in [-0.25, -0.2) is 4.79 Å². The Labute approximate surface area is 178 Å². The predicted octanol–water partition coefficient (Wildman–Crippen LogP) is 4.36. The van der Waals surface area contributed by atoms with E-state index in [0.29, 0.717) is 18.8 Å². The largest absolute Gasteiger partial charge is 0.482 e. The van der Waals surface area contributed by atoms with Gasteiger partial charge in [-0.3, -0.25) is 4.79 Å². The maximum absolute atomic E-state index is 12.4. The number of hydrogen-bond donors (Lipinski definition) is 0.